The van der Waals surface area contributed by atoms with Crippen molar-refractivity contribution < 1.29 is 15.0 Å². The highest BCUT2D eigenvalue weighted by Crippen LogP contribution is 2.34. The van der Waals surface area contributed by atoms with Crippen LogP contribution in [0.25, 0.3) is 0 Å². The molecule has 18 heavy (non-hydrogen) atoms. The molecule has 100 valence electrons. The molecular formula is C11H14Cl2N2O3. The van der Waals surface area contributed by atoms with Crippen molar-refractivity contribution in [3.63, 3.8) is 0 Å². The number of halogens is 2. The van der Waals surface area contributed by atoms with Crippen molar-refractivity contribution in [2.45, 2.75) is 19.1 Å². The summed E-state index contributed by atoms with van der Waals surface area (Å²) in [7, 11) is 0. The minimum atomic E-state index is -1.31. The molecule has 0 aromatic heterocycles. The summed E-state index contributed by atoms with van der Waals surface area (Å²) in [6, 6.07) is 2.86. The second kappa shape index (κ2) is 6.24. The van der Waals surface area contributed by atoms with Gasteiger partial charge in [0.15, 0.2) is 0 Å². The smallest absolute Gasteiger partial charge is 0.216 e. The number of hydrogen-bond acceptors (Lipinski definition) is 4. The van der Waals surface area contributed by atoms with Gasteiger partial charge in [-0.3, -0.25) is 4.79 Å². The van der Waals surface area contributed by atoms with Crippen molar-refractivity contribution in [2.75, 3.05) is 12.3 Å². The summed E-state index contributed by atoms with van der Waals surface area (Å²) in [5, 5.41) is 22.4. The summed E-state index contributed by atoms with van der Waals surface area (Å²) in [5.41, 5.74) is 6.08. The fourth-order valence-corrected chi connectivity index (χ4v) is 2.17. The van der Waals surface area contributed by atoms with E-state index in [0.717, 1.165) is 0 Å². The van der Waals surface area contributed by atoms with Gasteiger partial charge in [0.05, 0.1) is 0 Å². The lowest BCUT2D eigenvalue weighted by atomic mass is 10.0. The summed E-state index contributed by atoms with van der Waals surface area (Å²) in [4.78, 5) is 10.7. The summed E-state index contributed by atoms with van der Waals surface area (Å²) < 4.78 is 0. The first kappa shape index (κ1) is 15.0. The van der Waals surface area contributed by atoms with Gasteiger partial charge >= 0.3 is 0 Å². The molecule has 0 radical (unpaired) electrons. The Morgan fingerprint density at radius 1 is 1.39 bits per heavy atom. The van der Waals surface area contributed by atoms with Gasteiger partial charge < -0.3 is 21.3 Å². The maximum atomic E-state index is 10.7. The zero-order valence-electron chi connectivity index (χ0n) is 9.65. The molecule has 0 aliphatic carbocycles. The molecule has 0 saturated heterocycles. The SMILES string of the molecule is CC(=O)NCC(O)C(O)c1c(Cl)cc(N)cc1Cl. The van der Waals surface area contributed by atoms with Gasteiger partial charge in [-0.2, -0.15) is 0 Å². The zero-order valence-corrected chi connectivity index (χ0v) is 11.2. The first-order chi connectivity index (χ1) is 8.32. The Morgan fingerprint density at radius 3 is 2.33 bits per heavy atom. The normalized spacial score (nSPS) is 14.1. The van der Waals surface area contributed by atoms with E-state index in [-0.39, 0.29) is 28.1 Å². The maximum Gasteiger partial charge on any atom is 0.216 e. The first-order valence-electron chi connectivity index (χ1n) is 5.18. The molecule has 5 nitrogen and oxygen atoms in total. The highest BCUT2D eigenvalue weighted by molar-refractivity contribution is 6.36. The molecule has 0 saturated carbocycles. The van der Waals surface area contributed by atoms with Gasteiger partial charge in [0.25, 0.3) is 0 Å². The average molecular weight is 293 g/mol. The predicted molar refractivity (Wildman–Crippen MR) is 70.5 cm³/mol. The zero-order chi connectivity index (χ0) is 13.9. The van der Waals surface area contributed by atoms with E-state index in [4.69, 9.17) is 28.9 Å². The summed E-state index contributed by atoms with van der Waals surface area (Å²) in [6.07, 6.45) is -2.52. The monoisotopic (exact) mass is 292 g/mol. The maximum absolute atomic E-state index is 10.7. The lowest BCUT2D eigenvalue weighted by Crippen LogP contribution is -2.34. The molecule has 0 bridgehead atoms. The van der Waals surface area contributed by atoms with Gasteiger partial charge in [0.1, 0.15) is 12.2 Å². The van der Waals surface area contributed by atoms with E-state index in [1.807, 2.05) is 0 Å². The van der Waals surface area contributed by atoms with Crippen LogP contribution in [0.5, 0.6) is 0 Å². The fraction of sp³-hybridized carbons (Fsp3) is 0.364. The number of hydrogen-bond donors (Lipinski definition) is 4. The summed E-state index contributed by atoms with van der Waals surface area (Å²) in [5.74, 6) is -0.309. The number of benzene rings is 1. The van der Waals surface area contributed by atoms with Crippen LogP contribution >= 0.6 is 23.2 Å². The highest BCUT2D eigenvalue weighted by Gasteiger charge is 2.23. The van der Waals surface area contributed by atoms with E-state index in [1.54, 1.807) is 0 Å². The van der Waals surface area contributed by atoms with Crippen molar-refractivity contribution >= 4 is 34.8 Å². The number of nitrogen functional groups attached to an aromatic ring is 1. The van der Waals surface area contributed by atoms with Gasteiger partial charge in [-0.05, 0) is 12.1 Å². The number of carbonyl (C=O) groups excluding carboxylic acids is 1. The van der Waals surface area contributed by atoms with Crippen LogP contribution in [-0.4, -0.2) is 28.8 Å². The van der Waals surface area contributed by atoms with Crippen LogP contribution in [0, 0.1) is 0 Å². The van der Waals surface area contributed by atoms with E-state index in [9.17, 15) is 15.0 Å². The Morgan fingerprint density at radius 2 is 1.89 bits per heavy atom. The summed E-state index contributed by atoms with van der Waals surface area (Å²) >= 11 is 11.8. The van der Waals surface area contributed by atoms with E-state index in [0.29, 0.717) is 5.69 Å². The second-order valence-electron chi connectivity index (χ2n) is 3.85. The number of aliphatic hydroxyl groups excluding tert-OH is 2. The molecule has 2 unspecified atom stereocenters. The molecule has 0 aliphatic heterocycles. The van der Waals surface area contributed by atoms with E-state index < -0.39 is 12.2 Å². The van der Waals surface area contributed by atoms with Crippen LogP contribution in [0.2, 0.25) is 10.0 Å². The lowest BCUT2D eigenvalue weighted by molar-refractivity contribution is -0.119. The molecular weight excluding hydrogens is 279 g/mol. The first-order valence-corrected chi connectivity index (χ1v) is 5.93. The molecule has 5 N–H and O–H groups in total. The number of amides is 1. The average Bonchev–Trinajstić information content (AvgIpc) is 2.24. The van der Waals surface area contributed by atoms with Crippen LogP contribution in [0.4, 0.5) is 5.69 Å². The van der Waals surface area contributed by atoms with Crippen molar-refractivity contribution in [3.8, 4) is 0 Å². The quantitative estimate of drug-likeness (QED) is 0.625. The molecule has 1 amide bonds. The van der Waals surface area contributed by atoms with Crippen LogP contribution in [0.1, 0.15) is 18.6 Å². The number of rotatable bonds is 4. The van der Waals surface area contributed by atoms with Gasteiger partial charge in [-0.1, -0.05) is 23.2 Å². The van der Waals surface area contributed by atoms with Crippen LogP contribution in [0.15, 0.2) is 12.1 Å². The predicted octanol–water partition coefficient (Wildman–Crippen LogP) is 1.11. The number of nitrogens with two attached hydrogens (primary N) is 1. The van der Waals surface area contributed by atoms with Gasteiger partial charge in [-0.15, -0.1) is 0 Å². The Labute approximate surface area is 115 Å². The third-order valence-corrected chi connectivity index (χ3v) is 2.95. The fourth-order valence-electron chi connectivity index (χ4n) is 1.44. The molecule has 1 rings (SSSR count). The van der Waals surface area contributed by atoms with Crippen molar-refractivity contribution in [1.82, 2.24) is 5.32 Å². The minimum absolute atomic E-state index is 0.104. The van der Waals surface area contributed by atoms with Gasteiger partial charge in [0, 0.05) is 34.8 Å². The molecule has 1 aromatic rings. The van der Waals surface area contributed by atoms with Gasteiger partial charge in [-0.25, -0.2) is 0 Å². The Bertz CT molecular complexity index is 431. The number of anilines is 1. The molecule has 0 aliphatic rings. The van der Waals surface area contributed by atoms with Crippen LogP contribution in [-0.2, 0) is 4.79 Å². The van der Waals surface area contributed by atoms with Crippen molar-refractivity contribution in [1.29, 1.82) is 0 Å². The van der Waals surface area contributed by atoms with E-state index in [1.165, 1.54) is 19.1 Å². The third kappa shape index (κ3) is 3.74. The lowest BCUT2D eigenvalue weighted by Gasteiger charge is -2.20. The molecule has 0 spiro atoms. The molecule has 1 aromatic carbocycles. The Hall–Kier alpha value is -1.01. The standard InChI is InChI=1S/C11H14Cl2N2O3/c1-5(16)15-4-9(17)11(18)10-7(12)2-6(14)3-8(10)13/h2-3,9,11,17-18H,4,14H2,1H3,(H,15,16). The largest absolute Gasteiger partial charge is 0.399 e. The number of nitrogens with one attached hydrogen (secondary N) is 1. The molecule has 0 heterocycles. The minimum Gasteiger partial charge on any atom is -0.399 e. The van der Waals surface area contributed by atoms with Crippen molar-refractivity contribution in [2.24, 2.45) is 0 Å². The van der Waals surface area contributed by atoms with Crippen molar-refractivity contribution in [3.05, 3.63) is 27.7 Å². The third-order valence-electron chi connectivity index (χ3n) is 2.32. The molecule has 7 heteroatoms. The Kier molecular flexibility index (Phi) is 5.22. The molecule has 0 fully saturated rings. The van der Waals surface area contributed by atoms with Crippen LogP contribution < -0.4 is 11.1 Å². The topological polar surface area (TPSA) is 95.6 Å². The number of aliphatic hydroxyl groups is 2. The van der Waals surface area contributed by atoms with E-state index in [2.05, 4.69) is 5.32 Å². The highest BCUT2D eigenvalue weighted by atomic mass is 35.5. The summed E-state index contributed by atoms with van der Waals surface area (Å²) in [6.45, 7) is 1.20. The van der Waals surface area contributed by atoms with E-state index >= 15 is 0 Å². The molecule has 2 atom stereocenters. The van der Waals surface area contributed by atoms with Crippen LogP contribution in [0.3, 0.4) is 0 Å². The number of carbonyl (C=O) groups is 1. The van der Waals surface area contributed by atoms with Gasteiger partial charge in [0.2, 0.25) is 5.91 Å². The second-order valence-corrected chi connectivity index (χ2v) is 4.66. The Balaban J connectivity index is 2.89.